The summed E-state index contributed by atoms with van der Waals surface area (Å²) in [6.45, 7) is 10.2. The van der Waals surface area contributed by atoms with Crippen LogP contribution in [0.25, 0.3) is 22.0 Å². The van der Waals surface area contributed by atoms with E-state index in [0.717, 1.165) is 29.6 Å². The van der Waals surface area contributed by atoms with Crippen LogP contribution in [0.15, 0.2) is 36.4 Å². The lowest BCUT2D eigenvalue weighted by atomic mass is 9.94. The first-order valence-corrected chi connectivity index (χ1v) is 11.0. The summed E-state index contributed by atoms with van der Waals surface area (Å²) in [4.78, 5) is 17.3. The molecule has 0 atom stereocenters. The first-order chi connectivity index (χ1) is 15.4. The van der Waals surface area contributed by atoms with E-state index in [4.69, 9.17) is 25.8 Å². The van der Waals surface area contributed by atoms with E-state index in [1.54, 1.807) is 46.3 Å². The van der Waals surface area contributed by atoms with Crippen molar-refractivity contribution in [1.82, 2.24) is 10.3 Å². The van der Waals surface area contributed by atoms with Gasteiger partial charge in [-0.2, -0.15) is 0 Å². The van der Waals surface area contributed by atoms with Crippen LogP contribution in [0.1, 0.15) is 36.8 Å². The average Bonchev–Trinajstić information content (AvgIpc) is 2.79. The molecular formula is C25H31ClN2O4. The molecule has 1 aromatic heterocycles. The maximum absolute atomic E-state index is 12.7. The van der Waals surface area contributed by atoms with E-state index in [1.165, 1.54) is 0 Å². The fourth-order valence-corrected chi connectivity index (χ4v) is 3.46. The molecule has 0 saturated heterocycles. The average molecular weight is 459 g/mol. The fourth-order valence-electron chi connectivity index (χ4n) is 3.33. The molecule has 0 aliphatic heterocycles. The number of aryl methyl sites for hydroxylation is 1. The zero-order valence-corrected chi connectivity index (χ0v) is 20.3. The molecule has 0 saturated carbocycles. The molecule has 2 aromatic carbocycles. The number of rotatable bonds is 7. The number of benzene rings is 2. The quantitative estimate of drug-likeness (QED) is 0.460. The molecule has 0 unspecified atom stereocenters. The number of hydrogen-bond donors (Lipinski definition) is 1. The van der Waals surface area contributed by atoms with E-state index in [9.17, 15) is 4.79 Å². The smallest absolute Gasteiger partial charge is 0.340 e. The number of pyridine rings is 1. The molecule has 0 aliphatic rings. The van der Waals surface area contributed by atoms with Crippen LogP contribution in [0.4, 0.5) is 0 Å². The van der Waals surface area contributed by atoms with Crippen molar-refractivity contribution in [2.24, 2.45) is 0 Å². The van der Waals surface area contributed by atoms with Crippen molar-refractivity contribution in [3.8, 4) is 22.6 Å². The molecule has 1 N–H and O–H groups in total. The van der Waals surface area contributed by atoms with Gasteiger partial charge in [0.25, 0.3) is 0 Å². The van der Waals surface area contributed by atoms with Crippen molar-refractivity contribution < 1.29 is 19.0 Å². The number of methoxy groups -OCH3 is 2. The van der Waals surface area contributed by atoms with Crippen molar-refractivity contribution >= 4 is 28.5 Å². The van der Waals surface area contributed by atoms with Crippen LogP contribution in [0, 0.1) is 6.92 Å². The van der Waals surface area contributed by atoms with E-state index in [-0.39, 0.29) is 6.61 Å². The monoisotopic (exact) mass is 458 g/mol. The number of halogens is 1. The van der Waals surface area contributed by atoms with Crippen LogP contribution in [-0.4, -0.2) is 44.9 Å². The normalized spacial score (nSPS) is 10.3. The number of carbonyl (C=O) groups excluding carboxylic acids is 1. The Hall–Kier alpha value is -2.83. The summed E-state index contributed by atoms with van der Waals surface area (Å²) in [5.74, 6) is 0.715. The van der Waals surface area contributed by atoms with E-state index in [0.29, 0.717) is 33.3 Å². The Morgan fingerprint density at radius 2 is 1.59 bits per heavy atom. The Bertz CT molecular complexity index is 1050. The summed E-state index contributed by atoms with van der Waals surface area (Å²) >= 11 is 6.05. The SMILES string of the molecule is CCNCC.CCOC(=O)c1c(C)nc2cc(OC)c(OC)cc2c1-c1ccc(Cl)cc1. The summed E-state index contributed by atoms with van der Waals surface area (Å²) in [7, 11) is 3.14. The number of nitrogens with zero attached hydrogens (tertiary/aromatic N) is 1. The number of carbonyl (C=O) groups is 1. The summed E-state index contributed by atoms with van der Waals surface area (Å²) in [5, 5.41) is 4.49. The summed E-state index contributed by atoms with van der Waals surface area (Å²) < 4.78 is 16.1. The van der Waals surface area contributed by atoms with Gasteiger partial charge in [-0.15, -0.1) is 0 Å². The Labute approximate surface area is 194 Å². The molecule has 3 rings (SSSR count). The van der Waals surface area contributed by atoms with Crippen molar-refractivity contribution in [2.75, 3.05) is 33.9 Å². The second-order valence-electron chi connectivity index (χ2n) is 6.86. The van der Waals surface area contributed by atoms with Gasteiger partial charge in [0.2, 0.25) is 0 Å². The standard InChI is InChI=1S/C21H20ClNO4.C4H11N/c1-5-27-21(24)19-12(2)23-16-11-18(26-4)17(25-3)10-15(16)20(19)13-6-8-14(22)9-7-13;1-3-5-4-2/h6-11H,5H2,1-4H3;5H,3-4H2,1-2H3. The molecule has 32 heavy (non-hydrogen) atoms. The minimum Gasteiger partial charge on any atom is -0.493 e. The molecule has 6 nitrogen and oxygen atoms in total. The number of esters is 1. The van der Waals surface area contributed by atoms with Gasteiger partial charge >= 0.3 is 5.97 Å². The van der Waals surface area contributed by atoms with Gasteiger partial charge in [0.1, 0.15) is 0 Å². The first kappa shape index (κ1) is 25.4. The molecule has 0 amide bonds. The highest BCUT2D eigenvalue weighted by atomic mass is 35.5. The lowest BCUT2D eigenvalue weighted by Crippen LogP contribution is -2.11. The zero-order valence-electron chi connectivity index (χ0n) is 19.5. The van der Waals surface area contributed by atoms with Crippen LogP contribution in [0.3, 0.4) is 0 Å². The topological polar surface area (TPSA) is 69.7 Å². The van der Waals surface area contributed by atoms with Crippen LogP contribution < -0.4 is 14.8 Å². The Balaban J connectivity index is 0.000000654. The van der Waals surface area contributed by atoms with E-state index in [1.807, 2.05) is 18.2 Å². The Kier molecular flexibility index (Phi) is 9.75. The van der Waals surface area contributed by atoms with Crippen LogP contribution in [0.2, 0.25) is 5.02 Å². The predicted octanol–water partition coefficient (Wildman–Crippen LogP) is 5.67. The fraction of sp³-hybridized carbons (Fsp3) is 0.360. The molecule has 3 aromatic rings. The highest BCUT2D eigenvalue weighted by molar-refractivity contribution is 6.30. The van der Waals surface area contributed by atoms with Gasteiger partial charge in [-0.25, -0.2) is 4.79 Å². The van der Waals surface area contributed by atoms with E-state index in [2.05, 4.69) is 24.1 Å². The third kappa shape index (κ3) is 5.90. The number of aromatic nitrogens is 1. The van der Waals surface area contributed by atoms with Gasteiger partial charge in [-0.1, -0.05) is 37.6 Å². The third-order valence-electron chi connectivity index (χ3n) is 4.78. The molecule has 172 valence electrons. The van der Waals surface area contributed by atoms with Gasteiger partial charge < -0.3 is 19.5 Å². The molecule has 0 bridgehead atoms. The molecular weight excluding hydrogens is 428 g/mol. The molecule has 0 radical (unpaired) electrons. The van der Waals surface area contributed by atoms with E-state index >= 15 is 0 Å². The lowest BCUT2D eigenvalue weighted by Gasteiger charge is -2.17. The molecule has 7 heteroatoms. The van der Waals surface area contributed by atoms with Crippen molar-refractivity contribution in [3.05, 3.63) is 52.7 Å². The minimum atomic E-state index is -0.413. The van der Waals surface area contributed by atoms with Gasteiger partial charge in [-0.05, 0) is 50.7 Å². The van der Waals surface area contributed by atoms with Crippen molar-refractivity contribution in [1.29, 1.82) is 0 Å². The maximum atomic E-state index is 12.7. The summed E-state index contributed by atoms with van der Waals surface area (Å²) in [6, 6.07) is 10.9. The molecule has 0 aliphatic carbocycles. The number of hydrogen-bond acceptors (Lipinski definition) is 6. The van der Waals surface area contributed by atoms with Gasteiger partial charge in [0, 0.05) is 22.0 Å². The second kappa shape index (κ2) is 12.3. The minimum absolute atomic E-state index is 0.280. The van der Waals surface area contributed by atoms with Gasteiger partial charge in [0.05, 0.1) is 37.6 Å². The third-order valence-corrected chi connectivity index (χ3v) is 5.04. The highest BCUT2D eigenvalue weighted by Gasteiger charge is 2.23. The summed E-state index contributed by atoms with van der Waals surface area (Å²) in [5.41, 5.74) is 3.28. The number of fused-ring (bicyclic) bond motifs is 1. The lowest BCUT2D eigenvalue weighted by molar-refractivity contribution is 0.0526. The highest BCUT2D eigenvalue weighted by Crippen LogP contribution is 2.39. The number of nitrogens with one attached hydrogen (secondary N) is 1. The van der Waals surface area contributed by atoms with E-state index < -0.39 is 5.97 Å². The predicted molar refractivity (Wildman–Crippen MR) is 130 cm³/mol. The zero-order chi connectivity index (χ0) is 23.7. The number of ether oxygens (including phenoxy) is 3. The Morgan fingerprint density at radius 1 is 1.00 bits per heavy atom. The van der Waals surface area contributed by atoms with Crippen molar-refractivity contribution in [2.45, 2.75) is 27.7 Å². The molecule has 1 heterocycles. The summed E-state index contributed by atoms with van der Waals surface area (Å²) in [6.07, 6.45) is 0. The van der Waals surface area contributed by atoms with Crippen LogP contribution in [0.5, 0.6) is 11.5 Å². The van der Waals surface area contributed by atoms with Crippen LogP contribution in [-0.2, 0) is 4.74 Å². The van der Waals surface area contributed by atoms with Gasteiger partial charge in [-0.3, -0.25) is 4.98 Å². The molecule has 0 spiro atoms. The second-order valence-corrected chi connectivity index (χ2v) is 7.29. The van der Waals surface area contributed by atoms with Crippen molar-refractivity contribution in [3.63, 3.8) is 0 Å². The largest absolute Gasteiger partial charge is 0.493 e. The first-order valence-electron chi connectivity index (χ1n) is 10.6. The Morgan fingerprint density at radius 3 is 2.09 bits per heavy atom. The maximum Gasteiger partial charge on any atom is 0.340 e. The van der Waals surface area contributed by atoms with Gasteiger partial charge in [0.15, 0.2) is 11.5 Å². The molecule has 0 fully saturated rings. The van der Waals surface area contributed by atoms with Crippen LogP contribution >= 0.6 is 11.6 Å².